The number of hydrogen-bond acceptors (Lipinski definition) is 3. The van der Waals surface area contributed by atoms with Crippen molar-refractivity contribution in [1.29, 1.82) is 0 Å². The van der Waals surface area contributed by atoms with Gasteiger partial charge in [0.1, 0.15) is 0 Å². The Morgan fingerprint density at radius 2 is 2.11 bits per heavy atom. The minimum absolute atomic E-state index is 0.00151. The second-order valence-electron chi connectivity index (χ2n) is 6.74. The Kier molecular flexibility index (Phi) is 4.51. The molecule has 0 aromatic rings. The first kappa shape index (κ1) is 14.8. The first-order chi connectivity index (χ1) is 8.95. The number of piperazine rings is 1. The van der Waals surface area contributed by atoms with E-state index in [4.69, 9.17) is 0 Å². The smallest absolute Gasteiger partial charge is 0.240 e. The van der Waals surface area contributed by atoms with Gasteiger partial charge < -0.3 is 10.2 Å². The van der Waals surface area contributed by atoms with Crippen LogP contribution in [0.25, 0.3) is 0 Å². The molecule has 2 rings (SSSR count). The Morgan fingerprint density at radius 3 is 2.68 bits per heavy atom. The van der Waals surface area contributed by atoms with Gasteiger partial charge in [-0.05, 0) is 38.3 Å². The molecule has 0 spiro atoms. The van der Waals surface area contributed by atoms with E-state index >= 15 is 0 Å². The molecule has 2 unspecified atom stereocenters. The maximum Gasteiger partial charge on any atom is 0.240 e. The first-order valence-electron chi connectivity index (χ1n) is 7.72. The highest BCUT2D eigenvalue weighted by Gasteiger charge is 2.40. The fourth-order valence-electron chi connectivity index (χ4n) is 3.48. The molecule has 4 nitrogen and oxygen atoms in total. The topological polar surface area (TPSA) is 35.6 Å². The summed E-state index contributed by atoms with van der Waals surface area (Å²) in [6.07, 6.45) is 2.32. The Morgan fingerprint density at radius 1 is 1.37 bits per heavy atom. The summed E-state index contributed by atoms with van der Waals surface area (Å²) in [5, 5.41) is 3.44. The van der Waals surface area contributed by atoms with Crippen LogP contribution >= 0.6 is 0 Å². The maximum atomic E-state index is 12.8. The van der Waals surface area contributed by atoms with Gasteiger partial charge in [0.25, 0.3) is 0 Å². The van der Waals surface area contributed by atoms with Crippen molar-refractivity contribution in [3.8, 4) is 0 Å². The van der Waals surface area contributed by atoms with Gasteiger partial charge in [0.05, 0.1) is 6.04 Å². The van der Waals surface area contributed by atoms with Crippen LogP contribution in [-0.2, 0) is 4.79 Å². The van der Waals surface area contributed by atoms with E-state index in [-0.39, 0.29) is 11.5 Å². The normalized spacial score (nSPS) is 32.3. The molecule has 110 valence electrons. The van der Waals surface area contributed by atoms with Crippen LogP contribution in [0.15, 0.2) is 0 Å². The van der Waals surface area contributed by atoms with Gasteiger partial charge in [0, 0.05) is 25.7 Å². The van der Waals surface area contributed by atoms with Crippen molar-refractivity contribution in [2.24, 2.45) is 5.41 Å². The fourth-order valence-corrected chi connectivity index (χ4v) is 3.48. The van der Waals surface area contributed by atoms with Crippen LogP contribution in [0.2, 0.25) is 0 Å². The van der Waals surface area contributed by atoms with Gasteiger partial charge in [-0.15, -0.1) is 0 Å². The van der Waals surface area contributed by atoms with Gasteiger partial charge in [-0.25, -0.2) is 0 Å². The third-order valence-corrected chi connectivity index (χ3v) is 4.86. The van der Waals surface area contributed by atoms with Crippen molar-refractivity contribution in [3.05, 3.63) is 0 Å². The number of hydrogen-bond donors (Lipinski definition) is 1. The highest BCUT2D eigenvalue weighted by molar-refractivity contribution is 5.83. The average Bonchev–Trinajstić information content (AvgIpc) is 2.37. The van der Waals surface area contributed by atoms with E-state index in [1.807, 2.05) is 0 Å². The third-order valence-electron chi connectivity index (χ3n) is 4.86. The molecule has 0 bridgehead atoms. The lowest BCUT2D eigenvalue weighted by Gasteiger charge is -2.44. The van der Waals surface area contributed by atoms with Crippen LogP contribution in [0.4, 0.5) is 0 Å². The number of nitrogens with one attached hydrogen (secondary N) is 1. The molecule has 4 heteroatoms. The summed E-state index contributed by atoms with van der Waals surface area (Å²) in [5.74, 6) is 0.312. The number of likely N-dealkylation sites (N-methyl/N-ethyl adjacent to an activating group) is 1. The number of carbonyl (C=O) groups excluding carboxylic acids is 1. The minimum atomic E-state index is 0.00151. The number of amides is 1. The average molecular weight is 267 g/mol. The van der Waals surface area contributed by atoms with Crippen LogP contribution in [0.3, 0.4) is 0 Å². The Balaban J connectivity index is 2.00. The second-order valence-corrected chi connectivity index (χ2v) is 6.74. The summed E-state index contributed by atoms with van der Waals surface area (Å²) >= 11 is 0. The lowest BCUT2D eigenvalue weighted by Crippen LogP contribution is -2.61. The summed E-state index contributed by atoms with van der Waals surface area (Å²) in [7, 11) is 0. The van der Waals surface area contributed by atoms with E-state index in [1.165, 1.54) is 6.42 Å². The largest absolute Gasteiger partial charge is 0.338 e. The molecule has 2 saturated heterocycles. The van der Waals surface area contributed by atoms with Gasteiger partial charge in [-0.2, -0.15) is 0 Å². The van der Waals surface area contributed by atoms with Crippen molar-refractivity contribution < 1.29 is 4.79 Å². The molecule has 0 aromatic carbocycles. The standard InChI is InChI=1S/C15H29N3O/c1-5-17-9-10-18(11-12(17)2)14(19)13-15(3,4)7-6-8-16-13/h12-13,16H,5-11H2,1-4H3. The molecule has 2 atom stereocenters. The summed E-state index contributed by atoms with van der Waals surface area (Å²) in [6.45, 7) is 13.7. The highest BCUT2D eigenvalue weighted by Crippen LogP contribution is 2.31. The highest BCUT2D eigenvalue weighted by atomic mass is 16.2. The van der Waals surface area contributed by atoms with Crippen LogP contribution in [-0.4, -0.2) is 60.5 Å². The Labute approximate surface area is 117 Å². The molecule has 19 heavy (non-hydrogen) atoms. The second kappa shape index (κ2) is 5.80. The summed E-state index contributed by atoms with van der Waals surface area (Å²) in [6, 6.07) is 0.482. The zero-order valence-corrected chi connectivity index (χ0v) is 12.9. The van der Waals surface area contributed by atoms with Crippen LogP contribution in [0.5, 0.6) is 0 Å². The predicted octanol–water partition coefficient (Wildman–Crippen LogP) is 1.32. The van der Waals surface area contributed by atoms with E-state index in [2.05, 4.69) is 42.8 Å². The van der Waals surface area contributed by atoms with Crippen molar-refractivity contribution in [3.63, 3.8) is 0 Å². The quantitative estimate of drug-likeness (QED) is 0.819. The number of piperidine rings is 1. The van der Waals surface area contributed by atoms with E-state index in [9.17, 15) is 4.79 Å². The van der Waals surface area contributed by atoms with Crippen molar-refractivity contribution >= 4 is 5.91 Å². The van der Waals surface area contributed by atoms with Gasteiger partial charge in [0.2, 0.25) is 5.91 Å². The van der Waals surface area contributed by atoms with E-state index in [1.54, 1.807) is 0 Å². The zero-order valence-electron chi connectivity index (χ0n) is 12.9. The summed E-state index contributed by atoms with van der Waals surface area (Å²) in [5.41, 5.74) is 0.0838. The number of nitrogens with zero attached hydrogens (tertiary/aromatic N) is 2. The molecule has 2 fully saturated rings. The van der Waals surface area contributed by atoms with Crippen molar-refractivity contribution in [2.45, 2.75) is 52.6 Å². The van der Waals surface area contributed by atoms with Crippen molar-refractivity contribution in [1.82, 2.24) is 15.1 Å². The maximum absolute atomic E-state index is 12.8. The molecule has 2 heterocycles. The molecule has 2 aliphatic rings. The lowest BCUT2D eigenvalue weighted by molar-refractivity contribution is -0.140. The summed E-state index contributed by atoms with van der Waals surface area (Å²) in [4.78, 5) is 17.3. The summed E-state index contributed by atoms with van der Waals surface area (Å²) < 4.78 is 0. The molecule has 0 saturated carbocycles. The molecular weight excluding hydrogens is 238 g/mol. The fraction of sp³-hybridized carbons (Fsp3) is 0.933. The Hall–Kier alpha value is -0.610. The molecule has 2 aliphatic heterocycles. The zero-order chi connectivity index (χ0) is 14.0. The molecule has 0 radical (unpaired) electrons. The van der Waals surface area contributed by atoms with Crippen LogP contribution in [0.1, 0.15) is 40.5 Å². The monoisotopic (exact) mass is 267 g/mol. The Bertz CT molecular complexity index is 329. The molecule has 0 aliphatic carbocycles. The van der Waals surface area contributed by atoms with Crippen molar-refractivity contribution in [2.75, 3.05) is 32.7 Å². The van der Waals surface area contributed by atoms with Gasteiger partial charge in [0.15, 0.2) is 0 Å². The van der Waals surface area contributed by atoms with E-state index in [0.717, 1.165) is 39.1 Å². The molecule has 1 N–H and O–H groups in total. The predicted molar refractivity (Wildman–Crippen MR) is 78.1 cm³/mol. The van der Waals surface area contributed by atoms with Gasteiger partial charge >= 0.3 is 0 Å². The number of carbonyl (C=O) groups is 1. The van der Waals surface area contributed by atoms with Gasteiger partial charge in [-0.3, -0.25) is 9.69 Å². The van der Waals surface area contributed by atoms with E-state index in [0.29, 0.717) is 11.9 Å². The van der Waals surface area contributed by atoms with Crippen LogP contribution in [0, 0.1) is 5.41 Å². The van der Waals surface area contributed by atoms with Gasteiger partial charge in [-0.1, -0.05) is 20.8 Å². The molecule has 1 amide bonds. The van der Waals surface area contributed by atoms with Crippen LogP contribution < -0.4 is 5.32 Å². The number of rotatable bonds is 2. The van der Waals surface area contributed by atoms with E-state index < -0.39 is 0 Å². The minimum Gasteiger partial charge on any atom is -0.338 e. The SMILES string of the molecule is CCN1CCN(C(=O)C2NCCCC2(C)C)CC1C. The lowest BCUT2D eigenvalue weighted by atomic mass is 9.77. The molecule has 0 aromatic heterocycles. The third kappa shape index (κ3) is 3.11. The first-order valence-corrected chi connectivity index (χ1v) is 7.72. The molecular formula is C15H29N3O.